The van der Waals surface area contributed by atoms with Crippen LogP contribution in [0.4, 0.5) is 4.79 Å². The number of thiophene rings is 1. The third-order valence-corrected chi connectivity index (χ3v) is 5.72. The molecule has 2 atom stereocenters. The molecule has 3 rings (SSSR count). The van der Waals surface area contributed by atoms with Crippen LogP contribution in [0.3, 0.4) is 0 Å². The summed E-state index contributed by atoms with van der Waals surface area (Å²) < 4.78 is 0. The molecule has 1 saturated heterocycles. The zero-order valence-electron chi connectivity index (χ0n) is 13.1. The fourth-order valence-corrected chi connectivity index (χ4v) is 4.08. The van der Waals surface area contributed by atoms with Gasteiger partial charge in [0.05, 0.1) is 6.54 Å². The van der Waals surface area contributed by atoms with E-state index in [1.807, 2.05) is 24.4 Å². The summed E-state index contributed by atoms with van der Waals surface area (Å²) in [6, 6.07) is 3.39. The molecule has 6 nitrogen and oxygen atoms in total. The highest BCUT2D eigenvalue weighted by Crippen LogP contribution is 2.38. The minimum absolute atomic E-state index is 0.104. The second-order valence-electron chi connectivity index (χ2n) is 6.30. The van der Waals surface area contributed by atoms with Crippen LogP contribution in [0.2, 0.25) is 0 Å². The number of urea groups is 1. The summed E-state index contributed by atoms with van der Waals surface area (Å²) in [7, 11) is 0. The Hall–Kier alpha value is -1.89. The Balaban J connectivity index is 1.62. The fourth-order valence-electron chi connectivity index (χ4n) is 3.44. The van der Waals surface area contributed by atoms with E-state index in [1.165, 1.54) is 0 Å². The molecule has 2 fully saturated rings. The molecule has 2 heterocycles. The second kappa shape index (κ2) is 6.31. The van der Waals surface area contributed by atoms with E-state index >= 15 is 0 Å². The summed E-state index contributed by atoms with van der Waals surface area (Å²) in [5.41, 5.74) is -0.802. The number of imide groups is 1. The molecule has 2 N–H and O–H groups in total. The molecule has 1 saturated carbocycles. The Morgan fingerprint density at radius 1 is 1.48 bits per heavy atom. The lowest BCUT2D eigenvalue weighted by molar-refractivity contribution is -0.137. The van der Waals surface area contributed by atoms with Crippen molar-refractivity contribution in [3.63, 3.8) is 0 Å². The fraction of sp³-hybridized carbons (Fsp3) is 0.562. The van der Waals surface area contributed by atoms with Crippen LogP contribution in [0.5, 0.6) is 0 Å². The van der Waals surface area contributed by atoms with Crippen molar-refractivity contribution < 1.29 is 14.4 Å². The standard InChI is InChI=1S/C16H21N3O3S/c1-11-5-2-3-7-16(11)14(21)19(15(22)18-16)10-13(20)17-9-12-6-4-8-23-12/h4,6,8,11H,2-3,5,7,9-10H2,1H3,(H,17,20)(H,18,22)/t11-,16-/m1/s1. The van der Waals surface area contributed by atoms with E-state index in [9.17, 15) is 14.4 Å². The lowest BCUT2D eigenvalue weighted by Crippen LogP contribution is -2.54. The smallest absolute Gasteiger partial charge is 0.325 e. The van der Waals surface area contributed by atoms with E-state index in [4.69, 9.17) is 0 Å². The average molecular weight is 335 g/mol. The second-order valence-corrected chi connectivity index (χ2v) is 7.33. The van der Waals surface area contributed by atoms with Crippen molar-refractivity contribution in [2.24, 2.45) is 5.92 Å². The van der Waals surface area contributed by atoms with Crippen molar-refractivity contribution in [3.05, 3.63) is 22.4 Å². The third kappa shape index (κ3) is 2.97. The largest absolute Gasteiger partial charge is 0.350 e. The molecule has 1 aromatic rings. The molecule has 2 aliphatic rings. The van der Waals surface area contributed by atoms with Gasteiger partial charge in [0.25, 0.3) is 5.91 Å². The lowest BCUT2D eigenvalue weighted by atomic mass is 9.73. The average Bonchev–Trinajstić information content (AvgIpc) is 3.12. The number of carbonyl (C=O) groups excluding carboxylic acids is 3. The lowest BCUT2D eigenvalue weighted by Gasteiger charge is -2.36. The molecular formula is C16H21N3O3S. The molecule has 1 aromatic heterocycles. The number of nitrogens with zero attached hydrogens (tertiary/aromatic N) is 1. The highest BCUT2D eigenvalue weighted by molar-refractivity contribution is 7.09. The molecule has 1 aliphatic carbocycles. The van der Waals surface area contributed by atoms with Crippen molar-refractivity contribution in [3.8, 4) is 0 Å². The minimum Gasteiger partial charge on any atom is -0.350 e. The molecule has 0 aromatic carbocycles. The van der Waals surface area contributed by atoms with Gasteiger partial charge in [-0.15, -0.1) is 11.3 Å². The summed E-state index contributed by atoms with van der Waals surface area (Å²) >= 11 is 1.55. The maximum absolute atomic E-state index is 12.7. The first kappa shape index (κ1) is 16.0. The molecule has 124 valence electrons. The first-order valence-corrected chi connectivity index (χ1v) is 8.84. The highest BCUT2D eigenvalue weighted by atomic mass is 32.1. The van der Waals surface area contributed by atoms with E-state index in [1.54, 1.807) is 11.3 Å². The van der Waals surface area contributed by atoms with Gasteiger partial charge in [0, 0.05) is 4.88 Å². The Kier molecular flexibility index (Phi) is 4.39. The maximum atomic E-state index is 12.7. The van der Waals surface area contributed by atoms with E-state index in [0.29, 0.717) is 13.0 Å². The zero-order valence-corrected chi connectivity index (χ0v) is 13.9. The van der Waals surface area contributed by atoms with Gasteiger partial charge in [0.15, 0.2) is 0 Å². The quantitative estimate of drug-likeness (QED) is 0.825. The van der Waals surface area contributed by atoms with E-state index in [0.717, 1.165) is 29.0 Å². The van der Waals surface area contributed by atoms with Crippen LogP contribution in [0.15, 0.2) is 17.5 Å². The van der Waals surface area contributed by atoms with E-state index < -0.39 is 11.6 Å². The van der Waals surface area contributed by atoms with Crippen LogP contribution in [-0.4, -0.2) is 34.8 Å². The Morgan fingerprint density at radius 2 is 2.30 bits per heavy atom. The van der Waals surface area contributed by atoms with Crippen LogP contribution in [0.1, 0.15) is 37.5 Å². The molecule has 0 radical (unpaired) electrons. The Labute approximate surface area is 139 Å². The van der Waals surface area contributed by atoms with Gasteiger partial charge in [-0.05, 0) is 30.2 Å². The van der Waals surface area contributed by atoms with Crippen molar-refractivity contribution in [1.29, 1.82) is 0 Å². The summed E-state index contributed by atoms with van der Waals surface area (Å²) in [6.45, 7) is 2.20. The first-order valence-electron chi connectivity index (χ1n) is 7.96. The molecule has 0 bridgehead atoms. The van der Waals surface area contributed by atoms with Crippen LogP contribution < -0.4 is 10.6 Å². The van der Waals surface area contributed by atoms with Crippen LogP contribution in [0.25, 0.3) is 0 Å². The molecule has 1 spiro atoms. The van der Waals surface area contributed by atoms with Crippen molar-refractivity contribution >= 4 is 29.2 Å². The van der Waals surface area contributed by atoms with Crippen LogP contribution in [0, 0.1) is 5.92 Å². The van der Waals surface area contributed by atoms with Gasteiger partial charge in [0.2, 0.25) is 5.91 Å². The number of hydrogen-bond donors (Lipinski definition) is 2. The summed E-state index contributed by atoms with van der Waals surface area (Å²) in [5.74, 6) is -0.463. The zero-order chi connectivity index (χ0) is 16.4. The Bertz CT molecular complexity index is 616. The molecule has 7 heteroatoms. The predicted molar refractivity (Wildman–Crippen MR) is 86.8 cm³/mol. The molecule has 1 aliphatic heterocycles. The number of nitrogens with one attached hydrogen (secondary N) is 2. The predicted octanol–water partition coefficient (Wildman–Crippen LogP) is 1.86. The van der Waals surface area contributed by atoms with Gasteiger partial charge in [-0.25, -0.2) is 4.79 Å². The summed E-state index contributed by atoms with van der Waals surface area (Å²) in [6.07, 6.45) is 3.58. The van der Waals surface area contributed by atoms with Gasteiger partial charge in [0.1, 0.15) is 12.1 Å². The van der Waals surface area contributed by atoms with Crippen molar-refractivity contribution in [1.82, 2.24) is 15.5 Å². The van der Waals surface area contributed by atoms with Crippen LogP contribution in [-0.2, 0) is 16.1 Å². The maximum Gasteiger partial charge on any atom is 0.325 e. The summed E-state index contributed by atoms with van der Waals surface area (Å²) in [4.78, 5) is 39.1. The molecule has 4 amide bonds. The minimum atomic E-state index is -0.802. The molecular weight excluding hydrogens is 314 g/mol. The first-order chi connectivity index (χ1) is 11.0. The van der Waals surface area contributed by atoms with Crippen molar-refractivity contribution in [2.75, 3.05) is 6.54 Å². The normalized spacial score (nSPS) is 27.3. The van der Waals surface area contributed by atoms with Crippen molar-refractivity contribution in [2.45, 2.75) is 44.7 Å². The van der Waals surface area contributed by atoms with Crippen LogP contribution >= 0.6 is 11.3 Å². The monoisotopic (exact) mass is 335 g/mol. The SMILES string of the molecule is C[C@@H]1CCCC[C@@]12NC(=O)N(CC(=O)NCc1cccs1)C2=O. The number of amides is 4. The topological polar surface area (TPSA) is 78.5 Å². The van der Waals surface area contributed by atoms with Gasteiger partial charge >= 0.3 is 6.03 Å². The van der Waals surface area contributed by atoms with E-state index in [2.05, 4.69) is 10.6 Å². The van der Waals surface area contributed by atoms with Gasteiger partial charge in [-0.1, -0.05) is 25.8 Å². The highest BCUT2D eigenvalue weighted by Gasteiger charge is 2.55. The number of carbonyl (C=O) groups is 3. The molecule has 0 unspecified atom stereocenters. The summed E-state index contributed by atoms with van der Waals surface area (Å²) in [5, 5.41) is 7.54. The number of rotatable bonds is 4. The van der Waals surface area contributed by atoms with E-state index in [-0.39, 0.29) is 24.3 Å². The van der Waals surface area contributed by atoms with Gasteiger partial charge < -0.3 is 10.6 Å². The van der Waals surface area contributed by atoms with Gasteiger partial charge in [-0.3, -0.25) is 14.5 Å². The Morgan fingerprint density at radius 3 is 3.00 bits per heavy atom. The third-order valence-electron chi connectivity index (χ3n) is 4.84. The van der Waals surface area contributed by atoms with Gasteiger partial charge in [-0.2, -0.15) is 0 Å². The molecule has 23 heavy (non-hydrogen) atoms. The number of hydrogen-bond acceptors (Lipinski definition) is 4.